The summed E-state index contributed by atoms with van der Waals surface area (Å²) in [7, 11) is 0. The number of ether oxygens (including phenoxy) is 4. The Morgan fingerprint density at radius 2 is 0.938 bits per heavy atom. The number of carbonyl (C=O) groups is 2. The van der Waals surface area contributed by atoms with Crippen molar-refractivity contribution in [1.29, 1.82) is 0 Å². The SMILES string of the molecule is CCOC(C(=O)OCCOC(=O)C(OCC)C(O)C(O)C(O)CO)C(O)C(O)C(O)CO. The normalized spacial score (nSPS) is 19.2. The molecule has 0 bridgehead atoms. The van der Waals surface area contributed by atoms with Crippen molar-refractivity contribution in [1.82, 2.24) is 0 Å². The molecule has 0 heterocycles. The van der Waals surface area contributed by atoms with E-state index in [1.807, 2.05) is 0 Å². The van der Waals surface area contributed by atoms with Crippen LogP contribution in [0.25, 0.3) is 0 Å². The van der Waals surface area contributed by atoms with E-state index in [9.17, 15) is 40.2 Å². The van der Waals surface area contributed by atoms with Crippen LogP contribution in [0.3, 0.4) is 0 Å². The lowest BCUT2D eigenvalue weighted by molar-refractivity contribution is -0.184. The van der Waals surface area contributed by atoms with E-state index in [-0.39, 0.29) is 13.2 Å². The van der Waals surface area contributed by atoms with E-state index in [0.717, 1.165) is 0 Å². The first-order valence-electron chi connectivity index (χ1n) is 9.93. The number of hydrogen-bond donors (Lipinski definition) is 8. The largest absolute Gasteiger partial charge is 0.460 e. The number of aliphatic hydroxyl groups is 8. The molecule has 0 aliphatic heterocycles. The zero-order chi connectivity index (χ0) is 24.8. The van der Waals surface area contributed by atoms with Crippen LogP contribution in [-0.4, -0.2) is 141 Å². The number of hydrogen-bond acceptors (Lipinski definition) is 14. The second-order valence-corrected chi connectivity index (χ2v) is 6.55. The summed E-state index contributed by atoms with van der Waals surface area (Å²) in [5, 5.41) is 75.9. The molecule has 14 heteroatoms. The van der Waals surface area contributed by atoms with Gasteiger partial charge in [-0.25, -0.2) is 9.59 Å². The molecule has 0 aliphatic rings. The smallest absolute Gasteiger partial charge is 0.338 e. The minimum Gasteiger partial charge on any atom is -0.460 e. The highest BCUT2D eigenvalue weighted by Crippen LogP contribution is 2.12. The van der Waals surface area contributed by atoms with Crippen LogP contribution >= 0.6 is 0 Å². The summed E-state index contributed by atoms with van der Waals surface area (Å²) in [4.78, 5) is 24.2. The third-order valence-electron chi connectivity index (χ3n) is 4.21. The minimum atomic E-state index is -1.93. The summed E-state index contributed by atoms with van der Waals surface area (Å²) < 4.78 is 19.6. The van der Waals surface area contributed by atoms with Gasteiger partial charge in [0.2, 0.25) is 0 Å². The standard InChI is InChI=1S/C18H34O14/c1-3-29-15(13(25)11(23)9(21)7-19)17(27)31-5-6-32-18(28)16(30-4-2)14(26)12(24)10(22)8-20/h9-16,19-26H,3-8H2,1-2H3. The summed E-state index contributed by atoms with van der Waals surface area (Å²) in [6.45, 7) is 0.0355. The number of carbonyl (C=O) groups excluding carboxylic acids is 2. The van der Waals surface area contributed by atoms with Gasteiger partial charge in [-0.2, -0.15) is 0 Å². The van der Waals surface area contributed by atoms with Crippen LogP contribution in [0.1, 0.15) is 13.8 Å². The fraction of sp³-hybridized carbons (Fsp3) is 0.889. The van der Waals surface area contributed by atoms with Gasteiger partial charge < -0.3 is 59.8 Å². The van der Waals surface area contributed by atoms with Crippen LogP contribution < -0.4 is 0 Å². The predicted octanol–water partition coefficient (Wildman–Crippen LogP) is -4.97. The molecule has 0 spiro atoms. The zero-order valence-corrected chi connectivity index (χ0v) is 17.9. The van der Waals surface area contributed by atoms with Gasteiger partial charge in [0, 0.05) is 13.2 Å². The topological polar surface area (TPSA) is 233 Å². The Morgan fingerprint density at radius 3 is 1.19 bits per heavy atom. The molecule has 0 amide bonds. The lowest BCUT2D eigenvalue weighted by atomic mass is 10.0. The Labute approximate surface area is 184 Å². The first kappa shape index (κ1) is 30.5. The molecule has 190 valence electrons. The summed E-state index contributed by atoms with van der Waals surface area (Å²) in [6, 6.07) is 0. The first-order chi connectivity index (χ1) is 15.1. The zero-order valence-electron chi connectivity index (χ0n) is 17.9. The Morgan fingerprint density at radius 1 is 0.625 bits per heavy atom. The Balaban J connectivity index is 4.82. The predicted molar refractivity (Wildman–Crippen MR) is 103 cm³/mol. The maximum absolute atomic E-state index is 12.1. The van der Waals surface area contributed by atoms with Crippen LogP contribution in [0, 0.1) is 0 Å². The van der Waals surface area contributed by atoms with E-state index in [1.165, 1.54) is 13.8 Å². The van der Waals surface area contributed by atoms with Gasteiger partial charge in [-0.05, 0) is 13.8 Å². The maximum Gasteiger partial charge on any atom is 0.338 e. The van der Waals surface area contributed by atoms with Gasteiger partial charge in [0.25, 0.3) is 0 Å². The van der Waals surface area contributed by atoms with Gasteiger partial charge >= 0.3 is 11.9 Å². The van der Waals surface area contributed by atoms with Crippen LogP contribution in [0.2, 0.25) is 0 Å². The summed E-state index contributed by atoms with van der Waals surface area (Å²) in [5.41, 5.74) is 0. The molecule has 14 nitrogen and oxygen atoms in total. The molecular formula is C18H34O14. The van der Waals surface area contributed by atoms with Crippen molar-refractivity contribution >= 4 is 11.9 Å². The number of aliphatic hydroxyl groups excluding tert-OH is 8. The van der Waals surface area contributed by atoms with Crippen LogP contribution in [0.5, 0.6) is 0 Å². The van der Waals surface area contributed by atoms with Gasteiger partial charge in [0.1, 0.15) is 49.8 Å². The molecule has 0 saturated heterocycles. The van der Waals surface area contributed by atoms with Crippen LogP contribution in [-0.2, 0) is 28.5 Å². The second-order valence-electron chi connectivity index (χ2n) is 6.55. The maximum atomic E-state index is 12.1. The summed E-state index contributed by atoms with van der Waals surface area (Å²) >= 11 is 0. The average molecular weight is 474 g/mol. The van der Waals surface area contributed by atoms with Gasteiger partial charge in [-0.1, -0.05) is 0 Å². The van der Waals surface area contributed by atoms with E-state index >= 15 is 0 Å². The van der Waals surface area contributed by atoms with Gasteiger partial charge in [0.05, 0.1) is 13.2 Å². The summed E-state index contributed by atoms with van der Waals surface area (Å²) in [6.07, 6.45) is -14.5. The minimum absolute atomic E-state index is 0.0658. The van der Waals surface area contributed by atoms with E-state index < -0.39 is 87.2 Å². The molecule has 0 saturated carbocycles. The first-order valence-corrected chi connectivity index (χ1v) is 9.93. The van der Waals surface area contributed by atoms with E-state index in [0.29, 0.717) is 0 Å². The molecule has 0 aromatic rings. The Kier molecular flexibility index (Phi) is 15.5. The molecule has 8 unspecified atom stereocenters. The third kappa shape index (κ3) is 9.58. The molecule has 0 aliphatic carbocycles. The summed E-state index contributed by atoms with van der Waals surface area (Å²) in [5.74, 6) is -2.30. The molecule has 0 radical (unpaired) electrons. The molecule has 0 fully saturated rings. The van der Waals surface area contributed by atoms with Gasteiger partial charge in [-0.15, -0.1) is 0 Å². The van der Waals surface area contributed by atoms with Crippen molar-refractivity contribution in [3.05, 3.63) is 0 Å². The number of rotatable bonds is 17. The molecule has 0 rings (SSSR count). The number of esters is 2. The molecule has 32 heavy (non-hydrogen) atoms. The van der Waals surface area contributed by atoms with Crippen LogP contribution in [0.4, 0.5) is 0 Å². The quantitative estimate of drug-likeness (QED) is 0.0729. The van der Waals surface area contributed by atoms with Crippen molar-refractivity contribution in [3.63, 3.8) is 0 Å². The lowest BCUT2D eigenvalue weighted by Crippen LogP contribution is -2.51. The van der Waals surface area contributed by atoms with Crippen molar-refractivity contribution in [2.45, 2.75) is 62.7 Å². The fourth-order valence-corrected chi connectivity index (χ4v) is 2.45. The molecule has 8 N–H and O–H groups in total. The molecule has 8 atom stereocenters. The highest BCUT2D eigenvalue weighted by Gasteiger charge is 2.38. The average Bonchev–Trinajstić information content (AvgIpc) is 2.80. The van der Waals surface area contributed by atoms with Gasteiger partial charge in [-0.3, -0.25) is 0 Å². The third-order valence-corrected chi connectivity index (χ3v) is 4.21. The highest BCUT2D eigenvalue weighted by molar-refractivity contribution is 5.76. The van der Waals surface area contributed by atoms with E-state index in [4.69, 9.17) is 29.2 Å². The van der Waals surface area contributed by atoms with Crippen molar-refractivity contribution in [2.75, 3.05) is 39.6 Å². The molecular weight excluding hydrogens is 440 g/mol. The van der Waals surface area contributed by atoms with Gasteiger partial charge in [0.15, 0.2) is 12.2 Å². The Bertz CT molecular complexity index is 486. The van der Waals surface area contributed by atoms with Crippen molar-refractivity contribution in [2.24, 2.45) is 0 Å². The van der Waals surface area contributed by atoms with Crippen molar-refractivity contribution < 1.29 is 69.4 Å². The monoisotopic (exact) mass is 474 g/mol. The lowest BCUT2D eigenvalue weighted by Gasteiger charge is -2.28. The molecule has 0 aromatic heterocycles. The highest BCUT2D eigenvalue weighted by atomic mass is 16.6. The van der Waals surface area contributed by atoms with Crippen LogP contribution in [0.15, 0.2) is 0 Å². The van der Waals surface area contributed by atoms with E-state index in [1.54, 1.807) is 0 Å². The Hall–Kier alpha value is -1.46. The van der Waals surface area contributed by atoms with E-state index in [2.05, 4.69) is 0 Å². The fourth-order valence-electron chi connectivity index (χ4n) is 2.45. The van der Waals surface area contributed by atoms with Crippen molar-refractivity contribution in [3.8, 4) is 0 Å². The molecule has 0 aromatic carbocycles. The second kappa shape index (κ2) is 16.2.